The minimum absolute atomic E-state index is 0.254. The van der Waals surface area contributed by atoms with E-state index in [9.17, 15) is 14.7 Å². The van der Waals surface area contributed by atoms with Gasteiger partial charge in [0.15, 0.2) is 0 Å². The van der Waals surface area contributed by atoms with Crippen molar-refractivity contribution in [2.75, 3.05) is 11.9 Å². The second-order valence-electron chi connectivity index (χ2n) is 9.99. The molecule has 0 spiro atoms. The van der Waals surface area contributed by atoms with Gasteiger partial charge in [-0.3, -0.25) is 9.59 Å². The summed E-state index contributed by atoms with van der Waals surface area (Å²) in [6.07, 6.45) is 4.09. The fourth-order valence-corrected chi connectivity index (χ4v) is 5.62. The van der Waals surface area contributed by atoms with Gasteiger partial charge in [0.1, 0.15) is 11.2 Å². The van der Waals surface area contributed by atoms with Crippen molar-refractivity contribution in [3.05, 3.63) is 89.1 Å². The van der Waals surface area contributed by atoms with Crippen molar-refractivity contribution in [2.45, 2.75) is 32.2 Å². The Morgan fingerprint density at radius 1 is 1.05 bits per heavy atom. The number of carbonyl (C=O) groups is 2. The quantitative estimate of drug-likeness (QED) is 0.257. The van der Waals surface area contributed by atoms with Crippen LogP contribution in [0.25, 0.3) is 22.6 Å². The Hall–Kier alpha value is -4.10. The third-order valence-corrected chi connectivity index (χ3v) is 8.07. The highest BCUT2D eigenvalue weighted by atomic mass is 35.5. The molecule has 6 rings (SSSR count). The number of aliphatic carboxylic acids is 1. The van der Waals surface area contributed by atoms with E-state index < -0.39 is 11.4 Å². The molecule has 2 aliphatic rings. The number of nitrogens with one attached hydrogen (secondary N) is 2. The number of rotatable bonds is 6. The smallest absolute Gasteiger partial charge is 0.319 e. The zero-order valence-electron chi connectivity index (χ0n) is 20.7. The van der Waals surface area contributed by atoms with Gasteiger partial charge < -0.3 is 20.3 Å². The number of nitrogens with zero attached hydrogens (tertiary/aromatic N) is 2. The third-order valence-electron chi connectivity index (χ3n) is 7.74. The van der Waals surface area contributed by atoms with E-state index in [1.165, 1.54) is 0 Å². The summed E-state index contributed by atoms with van der Waals surface area (Å²) in [5.41, 5.74) is 5.51. The van der Waals surface area contributed by atoms with Crippen molar-refractivity contribution in [3.63, 3.8) is 0 Å². The number of amides is 1. The predicted octanol–water partition coefficient (Wildman–Crippen LogP) is 6.28. The van der Waals surface area contributed by atoms with Crippen molar-refractivity contribution >= 4 is 34.9 Å². The molecule has 3 N–H and O–H groups in total. The molecule has 3 aromatic carbocycles. The second kappa shape index (κ2) is 9.65. The predicted molar refractivity (Wildman–Crippen MR) is 147 cm³/mol. The molecule has 7 nitrogen and oxygen atoms in total. The first-order valence-electron chi connectivity index (χ1n) is 12.8. The Morgan fingerprint density at radius 3 is 2.61 bits per heavy atom. The molecular formula is C30H27ClN4O3. The zero-order chi connectivity index (χ0) is 26.3. The van der Waals surface area contributed by atoms with Crippen LogP contribution in [0.3, 0.4) is 0 Å². The van der Waals surface area contributed by atoms with Gasteiger partial charge >= 0.3 is 5.97 Å². The van der Waals surface area contributed by atoms with E-state index in [1.807, 2.05) is 66.7 Å². The number of H-pyrrole nitrogens is 1. The molecule has 0 unspecified atom stereocenters. The number of carboxylic acids is 1. The van der Waals surface area contributed by atoms with Crippen molar-refractivity contribution < 1.29 is 14.7 Å². The average molecular weight is 527 g/mol. The molecule has 192 valence electrons. The molecule has 1 saturated carbocycles. The molecule has 1 fully saturated rings. The molecule has 4 aromatic rings. The molecule has 1 aliphatic carbocycles. The summed E-state index contributed by atoms with van der Waals surface area (Å²) in [7, 11) is 0. The third kappa shape index (κ3) is 4.23. The molecule has 2 heterocycles. The van der Waals surface area contributed by atoms with Gasteiger partial charge in [-0.2, -0.15) is 0 Å². The lowest BCUT2D eigenvalue weighted by Crippen LogP contribution is -2.53. The molecular weight excluding hydrogens is 500 g/mol. The number of carbonyl (C=O) groups excluding carboxylic acids is 1. The van der Waals surface area contributed by atoms with E-state index in [0.717, 1.165) is 45.7 Å². The van der Waals surface area contributed by atoms with Crippen molar-refractivity contribution in [2.24, 2.45) is 5.41 Å². The normalized spacial score (nSPS) is 15.9. The standard InChI is InChI=1S/C30H27ClN4O3/c31-24-11-10-21(16-23(24)27-32-17-26(34-27)19-6-2-1-3-7-19)33-25-9-4-8-20-18-35(15-12-22(20)25)28(36)30(29(37)38)13-5-14-30/h1-4,6-11,16-17,33H,5,12-15,18H2,(H,32,34)(H,37,38). The van der Waals surface area contributed by atoms with Gasteiger partial charge in [-0.05, 0) is 60.2 Å². The van der Waals surface area contributed by atoms with Crippen LogP contribution in [0.5, 0.6) is 0 Å². The number of fused-ring (bicyclic) bond motifs is 1. The SMILES string of the molecule is O=C(O)C1(C(=O)N2CCc3c(cccc3Nc3ccc(Cl)c(-c4ncc(-c5ccccc5)[nH]4)c3)C2)CCC1. The lowest BCUT2D eigenvalue weighted by Gasteiger charge is -2.41. The van der Waals surface area contributed by atoms with E-state index in [-0.39, 0.29) is 5.91 Å². The van der Waals surface area contributed by atoms with Crippen LogP contribution in [0.2, 0.25) is 5.02 Å². The largest absolute Gasteiger partial charge is 0.480 e. The molecule has 0 atom stereocenters. The van der Waals surface area contributed by atoms with E-state index in [4.69, 9.17) is 11.6 Å². The monoisotopic (exact) mass is 526 g/mol. The van der Waals surface area contributed by atoms with Crippen LogP contribution in [0.15, 0.2) is 72.9 Å². The number of carboxylic acid groups (broad SMARTS) is 1. The maximum Gasteiger partial charge on any atom is 0.319 e. The van der Waals surface area contributed by atoms with Crippen LogP contribution < -0.4 is 5.32 Å². The number of hydrogen-bond acceptors (Lipinski definition) is 4. The molecule has 38 heavy (non-hydrogen) atoms. The van der Waals surface area contributed by atoms with Gasteiger partial charge in [0.25, 0.3) is 0 Å². The van der Waals surface area contributed by atoms with Crippen LogP contribution in [0.4, 0.5) is 11.4 Å². The van der Waals surface area contributed by atoms with Crippen molar-refractivity contribution in [1.29, 1.82) is 0 Å². The highest BCUT2D eigenvalue weighted by Crippen LogP contribution is 2.44. The number of halogens is 1. The topological polar surface area (TPSA) is 98.3 Å². The molecule has 0 radical (unpaired) electrons. The Labute approximate surface area is 225 Å². The molecule has 1 aromatic heterocycles. The number of aromatic nitrogens is 2. The maximum absolute atomic E-state index is 13.1. The van der Waals surface area contributed by atoms with Crippen LogP contribution in [-0.2, 0) is 22.6 Å². The highest BCUT2D eigenvalue weighted by Gasteiger charge is 2.53. The van der Waals surface area contributed by atoms with E-state index in [2.05, 4.69) is 15.3 Å². The summed E-state index contributed by atoms with van der Waals surface area (Å²) in [6.45, 7) is 0.916. The first kappa shape index (κ1) is 24.2. The van der Waals surface area contributed by atoms with Gasteiger partial charge in [0, 0.05) is 30.0 Å². The lowest BCUT2D eigenvalue weighted by atomic mass is 9.67. The van der Waals surface area contributed by atoms with E-state index >= 15 is 0 Å². The fraction of sp³-hybridized carbons (Fsp3) is 0.233. The summed E-state index contributed by atoms with van der Waals surface area (Å²) >= 11 is 6.56. The Balaban J connectivity index is 1.23. The Morgan fingerprint density at radius 2 is 1.87 bits per heavy atom. The summed E-state index contributed by atoms with van der Waals surface area (Å²) < 4.78 is 0. The number of hydrogen-bond donors (Lipinski definition) is 3. The first-order chi connectivity index (χ1) is 18.4. The summed E-state index contributed by atoms with van der Waals surface area (Å²) in [5.74, 6) is -0.568. The number of imidazole rings is 1. The van der Waals surface area contributed by atoms with E-state index in [0.29, 0.717) is 43.2 Å². The maximum atomic E-state index is 13.1. The lowest BCUT2D eigenvalue weighted by molar-refractivity contribution is -0.168. The Kier molecular flexibility index (Phi) is 6.16. The van der Waals surface area contributed by atoms with Gasteiger partial charge in [-0.25, -0.2) is 4.98 Å². The van der Waals surface area contributed by atoms with Gasteiger partial charge in [0.05, 0.1) is 16.9 Å². The fourth-order valence-electron chi connectivity index (χ4n) is 5.41. The summed E-state index contributed by atoms with van der Waals surface area (Å²) in [5, 5.41) is 13.8. The van der Waals surface area contributed by atoms with Crippen LogP contribution in [0.1, 0.15) is 30.4 Å². The minimum atomic E-state index is -1.24. The average Bonchev–Trinajstić information content (AvgIpc) is 3.39. The highest BCUT2D eigenvalue weighted by molar-refractivity contribution is 6.33. The second-order valence-corrected chi connectivity index (χ2v) is 10.4. The molecule has 0 saturated heterocycles. The zero-order valence-corrected chi connectivity index (χ0v) is 21.5. The number of benzene rings is 3. The van der Waals surface area contributed by atoms with Crippen LogP contribution in [-0.4, -0.2) is 38.4 Å². The van der Waals surface area contributed by atoms with Gasteiger partial charge in [0.2, 0.25) is 5.91 Å². The van der Waals surface area contributed by atoms with Crippen LogP contribution in [0, 0.1) is 5.41 Å². The number of anilines is 2. The van der Waals surface area contributed by atoms with Gasteiger partial charge in [-0.15, -0.1) is 0 Å². The molecule has 1 amide bonds. The molecule has 8 heteroatoms. The summed E-state index contributed by atoms with van der Waals surface area (Å²) in [6, 6.07) is 21.7. The first-order valence-corrected chi connectivity index (χ1v) is 13.1. The molecule has 1 aliphatic heterocycles. The van der Waals surface area contributed by atoms with Crippen LogP contribution >= 0.6 is 11.6 Å². The van der Waals surface area contributed by atoms with Gasteiger partial charge in [-0.1, -0.05) is 60.5 Å². The van der Waals surface area contributed by atoms with E-state index in [1.54, 1.807) is 11.1 Å². The van der Waals surface area contributed by atoms with Crippen molar-refractivity contribution in [1.82, 2.24) is 14.9 Å². The Bertz CT molecular complexity index is 1530. The number of aromatic amines is 1. The molecule has 0 bridgehead atoms. The summed E-state index contributed by atoms with van der Waals surface area (Å²) in [4.78, 5) is 34.6. The minimum Gasteiger partial charge on any atom is -0.480 e. The van der Waals surface area contributed by atoms with Crippen molar-refractivity contribution in [3.8, 4) is 22.6 Å².